The first-order chi connectivity index (χ1) is 11.8. The predicted molar refractivity (Wildman–Crippen MR) is 97.1 cm³/mol. The van der Waals surface area contributed by atoms with Gasteiger partial charge in [0.2, 0.25) is 0 Å². The maximum Gasteiger partial charge on any atom is 0.343 e. The molecule has 0 radical (unpaired) electrons. The number of hydrogen-bond donors (Lipinski definition) is 1. The van der Waals surface area contributed by atoms with Crippen molar-refractivity contribution in [2.45, 2.75) is 46.5 Å². The fourth-order valence-corrected chi connectivity index (χ4v) is 3.55. The van der Waals surface area contributed by atoms with Gasteiger partial charge in [0, 0.05) is 6.42 Å². The molecule has 0 fully saturated rings. The van der Waals surface area contributed by atoms with Gasteiger partial charge in [-0.25, -0.2) is 9.59 Å². The van der Waals surface area contributed by atoms with Crippen molar-refractivity contribution in [2.24, 2.45) is 11.3 Å². The summed E-state index contributed by atoms with van der Waals surface area (Å²) in [4.78, 5) is 23.3. The Bertz CT molecular complexity index is 683. The summed E-state index contributed by atoms with van der Waals surface area (Å²) in [6, 6.07) is 8.60. The van der Waals surface area contributed by atoms with Crippen molar-refractivity contribution in [3.63, 3.8) is 0 Å². The highest BCUT2D eigenvalue weighted by atomic mass is 16.5. The van der Waals surface area contributed by atoms with E-state index in [0.717, 1.165) is 25.3 Å². The summed E-state index contributed by atoms with van der Waals surface area (Å²) in [5, 5.41) is 9.08. The molecule has 0 aliphatic heterocycles. The van der Waals surface area contributed by atoms with E-state index in [4.69, 9.17) is 9.84 Å². The zero-order valence-electron chi connectivity index (χ0n) is 15.1. The van der Waals surface area contributed by atoms with Crippen LogP contribution in [0.3, 0.4) is 0 Å². The van der Waals surface area contributed by atoms with Crippen LogP contribution in [-0.2, 0) is 9.53 Å². The van der Waals surface area contributed by atoms with Crippen LogP contribution in [0.4, 0.5) is 0 Å². The van der Waals surface area contributed by atoms with E-state index < -0.39 is 11.9 Å². The first-order valence-electron chi connectivity index (χ1n) is 8.67. The molecule has 0 saturated heterocycles. The average Bonchev–Trinajstić information content (AvgIpc) is 2.53. The molecule has 1 aromatic carbocycles. The third-order valence-corrected chi connectivity index (χ3v) is 4.95. The quantitative estimate of drug-likeness (QED) is 0.343. The first kappa shape index (κ1) is 19.0. The van der Waals surface area contributed by atoms with Crippen LogP contribution in [0.25, 0.3) is 0 Å². The standard InChI is InChI=1S/C21H26O4/c1-15-8-7-13-21(2,3)18(15)12-11-17(14-19(22)23)25-20(24)16-9-5-4-6-10-16/h4-6,8-10,14,18H,7,11-13H2,1-3H3,(H,22,23). The molecule has 1 aliphatic rings. The second-order valence-corrected chi connectivity index (χ2v) is 7.27. The van der Waals surface area contributed by atoms with E-state index in [9.17, 15) is 9.59 Å². The number of carbonyl (C=O) groups excluding carboxylic acids is 1. The van der Waals surface area contributed by atoms with Gasteiger partial charge in [0.1, 0.15) is 5.76 Å². The van der Waals surface area contributed by atoms with Crippen LogP contribution in [0.2, 0.25) is 0 Å². The largest absolute Gasteiger partial charge is 0.478 e. The molecule has 0 amide bonds. The van der Waals surface area contributed by atoms with Crippen molar-refractivity contribution >= 4 is 11.9 Å². The number of ether oxygens (including phenoxy) is 1. The van der Waals surface area contributed by atoms with E-state index in [1.165, 1.54) is 5.57 Å². The summed E-state index contributed by atoms with van der Waals surface area (Å²) in [7, 11) is 0. The molecule has 0 aromatic heterocycles. The summed E-state index contributed by atoms with van der Waals surface area (Å²) >= 11 is 0. The average molecular weight is 342 g/mol. The Morgan fingerprint density at radius 1 is 1.28 bits per heavy atom. The number of carboxylic acids is 1. The summed E-state index contributed by atoms with van der Waals surface area (Å²) < 4.78 is 5.36. The van der Waals surface area contributed by atoms with E-state index in [1.807, 2.05) is 6.07 Å². The van der Waals surface area contributed by atoms with Gasteiger partial charge in [-0.05, 0) is 49.7 Å². The van der Waals surface area contributed by atoms with Gasteiger partial charge in [-0.15, -0.1) is 0 Å². The van der Waals surface area contributed by atoms with Gasteiger partial charge in [-0.3, -0.25) is 0 Å². The van der Waals surface area contributed by atoms with Crippen LogP contribution in [0.5, 0.6) is 0 Å². The van der Waals surface area contributed by atoms with Gasteiger partial charge in [0.05, 0.1) is 11.6 Å². The van der Waals surface area contributed by atoms with Crippen molar-refractivity contribution < 1.29 is 19.4 Å². The number of carboxylic acid groups (broad SMARTS) is 1. The number of carbonyl (C=O) groups is 2. The number of allylic oxidation sites excluding steroid dienone is 3. The van der Waals surface area contributed by atoms with Gasteiger partial charge in [-0.1, -0.05) is 43.7 Å². The van der Waals surface area contributed by atoms with Crippen LogP contribution in [-0.4, -0.2) is 17.0 Å². The van der Waals surface area contributed by atoms with Gasteiger partial charge >= 0.3 is 11.9 Å². The Morgan fingerprint density at radius 2 is 1.96 bits per heavy atom. The van der Waals surface area contributed by atoms with Crippen molar-refractivity contribution in [2.75, 3.05) is 0 Å². The third-order valence-electron chi connectivity index (χ3n) is 4.95. The Hall–Kier alpha value is -2.36. The minimum Gasteiger partial charge on any atom is -0.478 e. The lowest BCUT2D eigenvalue weighted by Crippen LogP contribution is -2.28. The molecule has 1 aromatic rings. The van der Waals surface area contributed by atoms with Gasteiger partial charge in [0.15, 0.2) is 0 Å². The highest BCUT2D eigenvalue weighted by Gasteiger charge is 2.32. The van der Waals surface area contributed by atoms with Crippen molar-refractivity contribution in [1.29, 1.82) is 0 Å². The van der Waals surface area contributed by atoms with E-state index >= 15 is 0 Å². The van der Waals surface area contributed by atoms with E-state index in [1.54, 1.807) is 24.3 Å². The van der Waals surface area contributed by atoms with Gasteiger partial charge < -0.3 is 9.84 Å². The van der Waals surface area contributed by atoms with Crippen LogP contribution in [0, 0.1) is 11.3 Å². The van der Waals surface area contributed by atoms with Crippen LogP contribution < -0.4 is 0 Å². The number of esters is 1. The van der Waals surface area contributed by atoms with Crippen LogP contribution >= 0.6 is 0 Å². The van der Waals surface area contributed by atoms with Crippen LogP contribution in [0.15, 0.2) is 53.8 Å². The first-order valence-corrected chi connectivity index (χ1v) is 8.67. The van der Waals surface area contributed by atoms with E-state index in [2.05, 4.69) is 26.8 Å². The summed E-state index contributed by atoms with van der Waals surface area (Å²) in [5.74, 6) is -1.07. The monoisotopic (exact) mass is 342 g/mol. The van der Waals surface area contributed by atoms with Crippen molar-refractivity contribution in [3.05, 3.63) is 59.4 Å². The second-order valence-electron chi connectivity index (χ2n) is 7.27. The molecular weight excluding hydrogens is 316 g/mol. The number of aliphatic carboxylic acids is 1. The number of rotatable bonds is 6. The molecule has 1 N–H and O–H groups in total. The minimum atomic E-state index is -1.11. The lowest BCUT2D eigenvalue weighted by atomic mass is 9.67. The Kier molecular flexibility index (Phi) is 6.18. The third kappa shape index (κ3) is 5.31. The lowest BCUT2D eigenvalue weighted by Gasteiger charge is -2.38. The molecule has 4 heteroatoms. The Balaban J connectivity index is 2.08. The highest BCUT2D eigenvalue weighted by molar-refractivity contribution is 5.90. The second kappa shape index (κ2) is 8.15. The Morgan fingerprint density at radius 3 is 2.56 bits per heavy atom. The van der Waals surface area contributed by atoms with E-state index in [-0.39, 0.29) is 11.2 Å². The molecule has 1 atom stereocenters. The van der Waals surface area contributed by atoms with Crippen molar-refractivity contribution in [3.8, 4) is 0 Å². The fourth-order valence-electron chi connectivity index (χ4n) is 3.55. The zero-order valence-corrected chi connectivity index (χ0v) is 15.1. The zero-order chi connectivity index (χ0) is 18.4. The van der Waals surface area contributed by atoms with Crippen molar-refractivity contribution in [1.82, 2.24) is 0 Å². The molecule has 25 heavy (non-hydrogen) atoms. The summed E-state index contributed by atoms with van der Waals surface area (Å²) in [6.07, 6.45) is 6.62. The minimum absolute atomic E-state index is 0.163. The summed E-state index contributed by atoms with van der Waals surface area (Å²) in [5.41, 5.74) is 1.91. The molecule has 0 saturated carbocycles. The Labute approximate surface area is 149 Å². The number of hydrogen-bond acceptors (Lipinski definition) is 3. The lowest BCUT2D eigenvalue weighted by molar-refractivity contribution is -0.131. The normalized spacial score (nSPS) is 19.9. The molecule has 0 heterocycles. The molecule has 1 unspecified atom stereocenters. The SMILES string of the molecule is CC1=CCCC(C)(C)C1CCC(=CC(=O)O)OC(=O)c1ccccc1. The number of benzene rings is 1. The van der Waals surface area contributed by atoms with Gasteiger partial charge in [0.25, 0.3) is 0 Å². The molecule has 2 rings (SSSR count). The maximum absolute atomic E-state index is 12.2. The fraction of sp³-hybridized carbons (Fsp3) is 0.429. The molecule has 4 nitrogen and oxygen atoms in total. The maximum atomic E-state index is 12.2. The molecular formula is C21H26O4. The molecule has 1 aliphatic carbocycles. The summed E-state index contributed by atoms with van der Waals surface area (Å²) in [6.45, 7) is 6.61. The van der Waals surface area contributed by atoms with Gasteiger partial charge in [-0.2, -0.15) is 0 Å². The van der Waals surface area contributed by atoms with E-state index in [0.29, 0.717) is 17.9 Å². The topological polar surface area (TPSA) is 63.6 Å². The molecule has 0 spiro atoms. The molecule has 134 valence electrons. The van der Waals surface area contributed by atoms with Crippen LogP contribution in [0.1, 0.15) is 56.8 Å². The smallest absolute Gasteiger partial charge is 0.343 e. The highest BCUT2D eigenvalue weighted by Crippen LogP contribution is 2.43. The predicted octanol–water partition coefficient (Wildman–Crippen LogP) is 4.97. The molecule has 0 bridgehead atoms.